The predicted molar refractivity (Wildman–Crippen MR) is 77.8 cm³/mol. The molecule has 0 saturated carbocycles. The fourth-order valence-corrected chi connectivity index (χ4v) is 2.89. The first-order valence-electron chi connectivity index (χ1n) is 7.04. The van der Waals surface area contributed by atoms with Gasteiger partial charge in [-0.2, -0.15) is 0 Å². The van der Waals surface area contributed by atoms with Crippen LogP contribution in [0.15, 0.2) is 30.5 Å². The molecule has 1 fully saturated rings. The molecule has 4 nitrogen and oxygen atoms in total. The number of hydrogen-bond donors (Lipinski definition) is 0. The van der Waals surface area contributed by atoms with E-state index in [1.807, 2.05) is 29.2 Å². The standard InChI is InChI=1S/C16H18N2O2/c1-12(19)18-11-13(14-6-2-3-7-15(14)18)10-16(20)17-8-4-5-9-17/h2-3,6-7,11H,4-5,8-10H2,1H3. The van der Waals surface area contributed by atoms with Gasteiger partial charge in [-0.05, 0) is 24.5 Å². The summed E-state index contributed by atoms with van der Waals surface area (Å²) < 4.78 is 1.63. The van der Waals surface area contributed by atoms with E-state index in [1.165, 1.54) is 0 Å². The zero-order chi connectivity index (χ0) is 14.1. The fraction of sp³-hybridized carbons (Fsp3) is 0.375. The molecule has 2 aromatic rings. The maximum absolute atomic E-state index is 12.3. The lowest BCUT2D eigenvalue weighted by atomic mass is 10.1. The molecule has 0 aliphatic carbocycles. The largest absolute Gasteiger partial charge is 0.342 e. The Kier molecular flexibility index (Phi) is 3.30. The SMILES string of the molecule is CC(=O)n1cc(CC(=O)N2CCCC2)c2ccccc21. The Labute approximate surface area is 118 Å². The number of likely N-dealkylation sites (tertiary alicyclic amines) is 1. The first-order valence-corrected chi connectivity index (χ1v) is 7.04. The number of rotatable bonds is 2. The zero-order valence-corrected chi connectivity index (χ0v) is 11.6. The van der Waals surface area contributed by atoms with Crippen LogP contribution >= 0.6 is 0 Å². The number of benzene rings is 1. The maximum Gasteiger partial charge on any atom is 0.227 e. The molecule has 1 aliphatic rings. The second kappa shape index (κ2) is 5.12. The molecule has 2 heterocycles. The second-order valence-electron chi connectivity index (χ2n) is 5.33. The number of hydrogen-bond acceptors (Lipinski definition) is 2. The van der Waals surface area contributed by atoms with Crippen molar-refractivity contribution < 1.29 is 9.59 Å². The van der Waals surface area contributed by atoms with Crippen molar-refractivity contribution in [1.29, 1.82) is 0 Å². The van der Waals surface area contributed by atoms with Crippen LogP contribution in [0.5, 0.6) is 0 Å². The predicted octanol–water partition coefficient (Wildman–Crippen LogP) is 2.47. The maximum atomic E-state index is 12.3. The summed E-state index contributed by atoms with van der Waals surface area (Å²) in [6, 6.07) is 7.74. The second-order valence-corrected chi connectivity index (χ2v) is 5.33. The topological polar surface area (TPSA) is 42.3 Å². The normalized spacial score (nSPS) is 14.9. The Bertz CT molecular complexity index is 666. The van der Waals surface area contributed by atoms with Crippen LogP contribution in [0.2, 0.25) is 0 Å². The van der Waals surface area contributed by atoms with Gasteiger partial charge in [-0.25, -0.2) is 0 Å². The number of para-hydroxylation sites is 1. The molecule has 0 radical (unpaired) electrons. The van der Waals surface area contributed by atoms with Crippen molar-refractivity contribution in [2.75, 3.05) is 13.1 Å². The van der Waals surface area contributed by atoms with Crippen LogP contribution in [-0.4, -0.2) is 34.4 Å². The third kappa shape index (κ3) is 2.22. The molecule has 1 saturated heterocycles. The molecule has 104 valence electrons. The van der Waals surface area contributed by atoms with Gasteiger partial charge in [0, 0.05) is 31.6 Å². The Morgan fingerprint density at radius 3 is 2.55 bits per heavy atom. The Hall–Kier alpha value is -2.10. The number of fused-ring (bicyclic) bond motifs is 1. The molecule has 0 bridgehead atoms. The van der Waals surface area contributed by atoms with Crippen molar-refractivity contribution >= 4 is 22.7 Å². The highest BCUT2D eigenvalue weighted by molar-refractivity contribution is 5.95. The summed E-state index contributed by atoms with van der Waals surface area (Å²) in [6.45, 7) is 3.27. The van der Waals surface area contributed by atoms with E-state index in [2.05, 4.69) is 0 Å². The molecule has 0 unspecified atom stereocenters. The zero-order valence-electron chi connectivity index (χ0n) is 11.6. The van der Waals surface area contributed by atoms with Gasteiger partial charge in [-0.1, -0.05) is 18.2 Å². The number of nitrogens with zero attached hydrogens (tertiary/aromatic N) is 2. The fourth-order valence-electron chi connectivity index (χ4n) is 2.89. The van der Waals surface area contributed by atoms with Gasteiger partial charge in [0.15, 0.2) is 0 Å². The number of aromatic nitrogens is 1. The van der Waals surface area contributed by atoms with Crippen molar-refractivity contribution in [1.82, 2.24) is 9.47 Å². The lowest BCUT2D eigenvalue weighted by Crippen LogP contribution is -2.29. The molecule has 1 aromatic carbocycles. The van der Waals surface area contributed by atoms with Gasteiger partial charge in [0.25, 0.3) is 0 Å². The van der Waals surface area contributed by atoms with E-state index in [1.54, 1.807) is 17.7 Å². The van der Waals surface area contributed by atoms with Gasteiger partial charge in [-0.15, -0.1) is 0 Å². The molecular formula is C16H18N2O2. The quantitative estimate of drug-likeness (QED) is 0.841. The van der Waals surface area contributed by atoms with Crippen molar-refractivity contribution in [3.63, 3.8) is 0 Å². The summed E-state index contributed by atoms with van der Waals surface area (Å²) in [5.41, 5.74) is 1.82. The first-order chi connectivity index (χ1) is 9.66. The van der Waals surface area contributed by atoms with Crippen molar-refractivity contribution in [3.8, 4) is 0 Å². The molecule has 1 aromatic heterocycles. The Balaban J connectivity index is 1.95. The number of carbonyl (C=O) groups is 2. The van der Waals surface area contributed by atoms with Crippen molar-refractivity contribution in [3.05, 3.63) is 36.0 Å². The molecular weight excluding hydrogens is 252 g/mol. The first kappa shape index (κ1) is 12.9. The molecule has 0 atom stereocenters. The monoisotopic (exact) mass is 270 g/mol. The highest BCUT2D eigenvalue weighted by Gasteiger charge is 2.20. The minimum absolute atomic E-state index is 0.0268. The van der Waals surface area contributed by atoms with E-state index in [0.717, 1.165) is 42.4 Å². The van der Waals surface area contributed by atoms with Crippen LogP contribution in [0.4, 0.5) is 0 Å². The van der Waals surface area contributed by atoms with Gasteiger partial charge < -0.3 is 4.90 Å². The molecule has 4 heteroatoms. The summed E-state index contributed by atoms with van der Waals surface area (Å²) in [6.07, 6.45) is 4.38. The number of amides is 1. The minimum atomic E-state index is -0.0268. The van der Waals surface area contributed by atoms with E-state index < -0.39 is 0 Å². The smallest absolute Gasteiger partial charge is 0.227 e. The van der Waals surface area contributed by atoms with Crippen LogP contribution in [0.1, 0.15) is 30.1 Å². The third-order valence-electron chi connectivity index (χ3n) is 3.93. The molecule has 1 amide bonds. The highest BCUT2D eigenvalue weighted by Crippen LogP contribution is 2.22. The van der Waals surface area contributed by atoms with Crippen LogP contribution in [0.25, 0.3) is 10.9 Å². The van der Waals surface area contributed by atoms with Crippen molar-refractivity contribution in [2.45, 2.75) is 26.2 Å². The third-order valence-corrected chi connectivity index (χ3v) is 3.93. The molecule has 1 aliphatic heterocycles. The van der Waals surface area contributed by atoms with E-state index in [0.29, 0.717) is 6.42 Å². The van der Waals surface area contributed by atoms with Crippen LogP contribution in [-0.2, 0) is 11.2 Å². The van der Waals surface area contributed by atoms with E-state index in [4.69, 9.17) is 0 Å². The molecule has 3 rings (SSSR count). The molecule has 20 heavy (non-hydrogen) atoms. The van der Waals surface area contributed by atoms with Gasteiger partial charge in [0.2, 0.25) is 11.8 Å². The van der Waals surface area contributed by atoms with E-state index >= 15 is 0 Å². The summed E-state index contributed by atoms with van der Waals surface area (Å²) >= 11 is 0. The Morgan fingerprint density at radius 2 is 1.85 bits per heavy atom. The average molecular weight is 270 g/mol. The van der Waals surface area contributed by atoms with Crippen molar-refractivity contribution in [2.24, 2.45) is 0 Å². The lowest BCUT2D eigenvalue weighted by molar-refractivity contribution is -0.129. The minimum Gasteiger partial charge on any atom is -0.342 e. The number of carbonyl (C=O) groups excluding carboxylic acids is 2. The summed E-state index contributed by atoms with van der Waals surface area (Å²) in [4.78, 5) is 25.9. The summed E-state index contributed by atoms with van der Waals surface area (Å²) in [7, 11) is 0. The average Bonchev–Trinajstić information content (AvgIpc) is 3.07. The Morgan fingerprint density at radius 1 is 1.15 bits per heavy atom. The highest BCUT2D eigenvalue weighted by atomic mass is 16.2. The summed E-state index contributed by atoms with van der Waals surface area (Å²) in [5, 5.41) is 0.996. The lowest BCUT2D eigenvalue weighted by Gasteiger charge is -2.14. The van der Waals surface area contributed by atoms with E-state index in [9.17, 15) is 9.59 Å². The van der Waals surface area contributed by atoms with Gasteiger partial charge in [0.05, 0.1) is 11.9 Å². The van der Waals surface area contributed by atoms with Crippen LogP contribution < -0.4 is 0 Å². The molecule has 0 spiro atoms. The van der Waals surface area contributed by atoms with Crippen LogP contribution in [0.3, 0.4) is 0 Å². The van der Waals surface area contributed by atoms with Gasteiger partial charge in [0.1, 0.15) is 0 Å². The van der Waals surface area contributed by atoms with Gasteiger partial charge in [-0.3, -0.25) is 14.2 Å². The summed E-state index contributed by atoms with van der Waals surface area (Å²) in [5.74, 6) is 0.134. The van der Waals surface area contributed by atoms with E-state index in [-0.39, 0.29) is 11.8 Å². The van der Waals surface area contributed by atoms with Gasteiger partial charge >= 0.3 is 0 Å². The molecule has 0 N–H and O–H groups in total. The van der Waals surface area contributed by atoms with Crippen LogP contribution in [0, 0.1) is 0 Å².